The predicted molar refractivity (Wildman–Crippen MR) is 58.6 cm³/mol. The Morgan fingerprint density at radius 3 is 2.43 bits per heavy atom. The highest BCUT2D eigenvalue weighted by Crippen LogP contribution is 2.22. The van der Waals surface area contributed by atoms with Gasteiger partial charge < -0.3 is 15.5 Å². The molecule has 0 aliphatic carbocycles. The number of rotatable bonds is 5. The van der Waals surface area contributed by atoms with Crippen molar-refractivity contribution in [3.8, 4) is 0 Å². The number of thiophene rings is 1. The minimum atomic E-state index is -0.229. The van der Waals surface area contributed by atoms with E-state index in [-0.39, 0.29) is 25.3 Å². The molecular weight excluding hydrogens is 198 g/mol. The molecule has 0 aromatic carbocycles. The maximum Gasteiger partial charge on any atom is 0.0607 e. The van der Waals surface area contributed by atoms with Crippen LogP contribution in [0.25, 0.3) is 0 Å². The third kappa shape index (κ3) is 3.06. The molecule has 0 radical (unpaired) electrons. The molecule has 4 heteroatoms. The highest BCUT2D eigenvalue weighted by atomic mass is 32.1. The highest BCUT2D eigenvalue weighted by molar-refractivity contribution is 7.12. The van der Waals surface area contributed by atoms with E-state index in [1.807, 2.05) is 6.92 Å². The lowest BCUT2D eigenvalue weighted by Crippen LogP contribution is -2.37. The van der Waals surface area contributed by atoms with Crippen LogP contribution in [-0.4, -0.2) is 29.5 Å². The van der Waals surface area contributed by atoms with Crippen molar-refractivity contribution in [3.05, 3.63) is 21.9 Å². The van der Waals surface area contributed by atoms with Gasteiger partial charge in [-0.05, 0) is 26.0 Å². The summed E-state index contributed by atoms with van der Waals surface area (Å²) in [6, 6.07) is 4.10. The molecule has 0 fully saturated rings. The van der Waals surface area contributed by atoms with Crippen LogP contribution in [0.5, 0.6) is 0 Å². The molecule has 1 heterocycles. The maximum absolute atomic E-state index is 8.91. The largest absolute Gasteiger partial charge is 0.395 e. The molecule has 0 saturated heterocycles. The molecule has 0 aliphatic rings. The maximum atomic E-state index is 8.91. The Morgan fingerprint density at radius 1 is 1.36 bits per heavy atom. The third-order valence-electron chi connectivity index (χ3n) is 2.11. The van der Waals surface area contributed by atoms with Gasteiger partial charge in [-0.3, -0.25) is 0 Å². The van der Waals surface area contributed by atoms with Gasteiger partial charge >= 0.3 is 0 Å². The SMILES string of the molecule is Cc1ccc([C@H](C)NC(CO)CO)s1. The Labute approximate surface area is 88.4 Å². The van der Waals surface area contributed by atoms with Gasteiger partial charge in [0.2, 0.25) is 0 Å². The smallest absolute Gasteiger partial charge is 0.0607 e. The van der Waals surface area contributed by atoms with Crippen LogP contribution < -0.4 is 5.32 Å². The molecule has 1 aromatic rings. The zero-order valence-corrected chi connectivity index (χ0v) is 9.34. The molecule has 0 unspecified atom stereocenters. The van der Waals surface area contributed by atoms with Gasteiger partial charge in [-0.25, -0.2) is 0 Å². The number of aryl methyl sites for hydroxylation is 1. The molecule has 80 valence electrons. The Hall–Kier alpha value is -0.420. The second-order valence-electron chi connectivity index (χ2n) is 3.40. The number of aliphatic hydroxyl groups is 2. The second-order valence-corrected chi connectivity index (χ2v) is 4.72. The average Bonchev–Trinajstić information content (AvgIpc) is 2.61. The summed E-state index contributed by atoms with van der Waals surface area (Å²) < 4.78 is 0. The first-order chi connectivity index (χ1) is 6.67. The molecule has 0 bridgehead atoms. The zero-order chi connectivity index (χ0) is 10.6. The predicted octanol–water partition coefficient (Wildman–Crippen LogP) is 1.06. The van der Waals surface area contributed by atoms with E-state index < -0.39 is 0 Å². The molecule has 3 nitrogen and oxygen atoms in total. The standard InChI is InChI=1S/C10H17NO2S/c1-7-3-4-10(14-7)8(2)11-9(5-12)6-13/h3-4,8-9,11-13H,5-6H2,1-2H3/t8-/m0/s1. The van der Waals surface area contributed by atoms with Gasteiger partial charge in [0.1, 0.15) is 0 Å². The van der Waals surface area contributed by atoms with Crippen molar-refractivity contribution >= 4 is 11.3 Å². The summed E-state index contributed by atoms with van der Waals surface area (Å²) in [6.45, 7) is 4.02. The third-order valence-corrected chi connectivity index (χ3v) is 3.30. The van der Waals surface area contributed by atoms with Crippen LogP contribution in [0.2, 0.25) is 0 Å². The molecule has 0 aliphatic heterocycles. The summed E-state index contributed by atoms with van der Waals surface area (Å²) in [5.74, 6) is 0. The van der Waals surface area contributed by atoms with E-state index in [1.165, 1.54) is 9.75 Å². The Bertz CT molecular complexity index is 271. The minimum absolute atomic E-state index is 0.0365. The first-order valence-electron chi connectivity index (χ1n) is 4.71. The summed E-state index contributed by atoms with van der Waals surface area (Å²) >= 11 is 1.73. The molecule has 1 rings (SSSR count). The van der Waals surface area contributed by atoms with E-state index in [4.69, 9.17) is 10.2 Å². The molecule has 1 aromatic heterocycles. The fourth-order valence-corrected chi connectivity index (χ4v) is 2.17. The average molecular weight is 215 g/mol. The lowest BCUT2D eigenvalue weighted by atomic mass is 10.2. The van der Waals surface area contributed by atoms with Crippen LogP contribution >= 0.6 is 11.3 Å². The number of hydrogen-bond donors (Lipinski definition) is 3. The van der Waals surface area contributed by atoms with Gasteiger partial charge in [0.15, 0.2) is 0 Å². The van der Waals surface area contributed by atoms with Crippen LogP contribution in [-0.2, 0) is 0 Å². The van der Waals surface area contributed by atoms with Gasteiger partial charge in [0.25, 0.3) is 0 Å². The summed E-state index contributed by atoms with van der Waals surface area (Å²) in [7, 11) is 0. The van der Waals surface area contributed by atoms with Gasteiger partial charge in [-0.2, -0.15) is 0 Å². The lowest BCUT2D eigenvalue weighted by Gasteiger charge is -2.18. The van der Waals surface area contributed by atoms with Crippen LogP contribution in [0, 0.1) is 6.92 Å². The first kappa shape index (κ1) is 11.7. The van der Waals surface area contributed by atoms with Crippen molar-refractivity contribution in [1.82, 2.24) is 5.32 Å². The molecule has 0 amide bonds. The topological polar surface area (TPSA) is 52.5 Å². The van der Waals surface area contributed by atoms with E-state index in [9.17, 15) is 0 Å². The molecule has 0 spiro atoms. The quantitative estimate of drug-likeness (QED) is 0.688. The zero-order valence-electron chi connectivity index (χ0n) is 8.53. The van der Waals surface area contributed by atoms with Gasteiger partial charge in [0, 0.05) is 15.8 Å². The Morgan fingerprint density at radius 2 is 2.00 bits per heavy atom. The lowest BCUT2D eigenvalue weighted by molar-refractivity contribution is 0.164. The van der Waals surface area contributed by atoms with Crippen molar-refractivity contribution in [2.75, 3.05) is 13.2 Å². The molecule has 1 atom stereocenters. The van der Waals surface area contributed by atoms with E-state index in [0.717, 1.165) is 0 Å². The van der Waals surface area contributed by atoms with Gasteiger partial charge in [0.05, 0.1) is 19.3 Å². The normalized spacial score (nSPS) is 13.5. The number of hydrogen-bond acceptors (Lipinski definition) is 4. The van der Waals surface area contributed by atoms with Gasteiger partial charge in [-0.1, -0.05) is 0 Å². The summed E-state index contributed by atoms with van der Waals surface area (Å²) in [5, 5.41) is 21.0. The van der Waals surface area contributed by atoms with Crippen molar-refractivity contribution in [3.63, 3.8) is 0 Å². The number of nitrogens with one attached hydrogen (secondary N) is 1. The Kier molecular flexibility index (Phi) is 4.54. The second kappa shape index (κ2) is 5.46. The summed E-state index contributed by atoms with van der Waals surface area (Å²) in [6.07, 6.45) is 0. The number of aliphatic hydroxyl groups excluding tert-OH is 2. The van der Waals surface area contributed by atoms with E-state index in [1.54, 1.807) is 11.3 Å². The minimum Gasteiger partial charge on any atom is -0.395 e. The first-order valence-corrected chi connectivity index (χ1v) is 5.53. The van der Waals surface area contributed by atoms with Crippen LogP contribution in [0.3, 0.4) is 0 Å². The van der Waals surface area contributed by atoms with Crippen LogP contribution in [0.4, 0.5) is 0 Å². The van der Waals surface area contributed by atoms with Crippen LogP contribution in [0.15, 0.2) is 12.1 Å². The summed E-state index contributed by atoms with van der Waals surface area (Å²) in [5.41, 5.74) is 0. The molecule has 0 saturated carbocycles. The van der Waals surface area contributed by atoms with Crippen LogP contribution in [0.1, 0.15) is 22.7 Å². The Balaban J connectivity index is 2.53. The molecular formula is C10H17NO2S. The highest BCUT2D eigenvalue weighted by Gasteiger charge is 2.12. The summed E-state index contributed by atoms with van der Waals surface area (Å²) in [4.78, 5) is 2.51. The van der Waals surface area contributed by atoms with Gasteiger partial charge in [-0.15, -0.1) is 11.3 Å². The van der Waals surface area contributed by atoms with Crippen molar-refractivity contribution < 1.29 is 10.2 Å². The fourth-order valence-electron chi connectivity index (χ4n) is 1.28. The monoisotopic (exact) mass is 215 g/mol. The fraction of sp³-hybridized carbons (Fsp3) is 0.600. The van der Waals surface area contributed by atoms with E-state index >= 15 is 0 Å². The van der Waals surface area contributed by atoms with Crippen molar-refractivity contribution in [1.29, 1.82) is 0 Å². The van der Waals surface area contributed by atoms with Crippen molar-refractivity contribution in [2.45, 2.75) is 25.9 Å². The van der Waals surface area contributed by atoms with E-state index in [2.05, 4.69) is 24.4 Å². The molecule has 3 N–H and O–H groups in total. The van der Waals surface area contributed by atoms with E-state index in [0.29, 0.717) is 0 Å². The van der Waals surface area contributed by atoms with Crippen molar-refractivity contribution in [2.24, 2.45) is 0 Å². The molecule has 14 heavy (non-hydrogen) atoms.